The summed E-state index contributed by atoms with van der Waals surface area (Å²) in [5.74, 6) is -0.214. The van der Waals surface area contributed by atoms with Crippen LogP contribution >= 0.6 is 11.6 Å². The summed E-state index contributed by atoms with van der Waals surface area (Å²) in [5.41, 5.74) is 0.913. The van der Waals surface area contributed by atoms with Gasteiger partial charge in [-0.2, -0.15) is 0 Å². The van der Waals surface area contributed by atoms with Crippen molar-refractivity contribution in [3.8, 4) is 0 Å². The van der Waals surface area contributed by atoms with Gasteiger partial charge >= 0.3 is 0 Å². The number of methoxy groups -OCH3 is 1. The fourth-order valence-corrected chi connectivity index (χ4v) is 1.49. The first kappa shape index (κ1) is 12.4. The average Bonchev–Trinajstić information content (AvgIpc) is 2.18. The number of rotatable bonds is 6. The summed E-state index contributed by atoms with van der Waals surface area (Å²) in [6.07, 6.45) is 0. The third-order valence-corrected chi connectivity index (χ3v) is 2.21. The number of ether oxygens (including phenoxy) is 1. The molecule has 1 unspecified atom stereocenters. The van der Waals surface area contributed by atoms with Crippen LogP contribution in [0.3, 0.4) is 0 Å². The van der Waals surface area contributed by atoms with Crippen molar-refractivity contribution >= 4 is 11.6 Å². The summed E-state index contributed by atoms with van der Waals surface area (Å²) in [6, 6.07) is 6.50. The van der Waals surface area contributed by atoms with Gasteiger partial charge in [0.25, 0.3) is 0 Å². The number of hydrogen-bond donors (Lipinski definition) is 1. The smallest absolute Gasteiger partial charge is 0.123 e. The van der Waals surface area contributed by atoms with Crippen molar-refractivity contribution in [3.63, 3.8) is 0 Å². The van der Waals surface area contributed by atoms with E-state index in [2.05, 4.69) is 5.32 Å². The van der Waals surface area contributed by atoms with Crippen molar-refractivity contribution in [1.82, 2.24) is 5.32 Å². The van der Waals surface area contributed by atoms with Gasteiger partial charge < -0.3 is 10.1 Å². The molecule has 1 aromatic carbocycles. The number of alkyl halides is 1. The molecule has 0 fully saturated rings. The van der Waals surface area contributed by atoms with Crippen LogP contribution in [-0.2, 0) is 11.3 Å². The lowest BCUT2D eigenvalue weighted by Crippen LogP contribution is -2.25. The van der Waals surface area contributed by atoms with E-state index in [-0.39, 0.29) is 11.2 Å². The second-order valence-corrected chi connectivity index (χ2v) is 3.93. The zero-order chi connectivity index (χ0) is 11.1. The van der Waals surface area contributed by atoms with Gasteiger partial charge in [0.1, 0.15) is 5.82 Å². The molecule has 0 heterocycles. The van der Waals surface area contributed by atoms with E-state index in [4.69, 9.17) is 16.3 Å². The summed E-state index contributed by atoms with van der Waals surface area (Å²) in [7, 11) is 1.61. The Morgan fingerprint density at radius 1 is 1.53 bits per heavy atom. The maximum atomic E-state index is 12.8. The quantitative estimate of drug-likeness (QED) is 0.758. The van der Waals surface area contributed by atoms with E-state index >= 15 is 0 Å². The molecule has 84 valence electrons. The Bertz CT molecular complexity index is 296. The molecule has 0 aliphatic heterocycles. The molecule has 1 rings (SSSR count). The summed E-state index contributed by atoms with van der Waals surface area (Å²) in [6.45, 7) is 1.77. The third kappa shape index (κ3) is 5.11. The van der Waals surface area contributed by atoms with E-state index in [0.717, 1.165) is 5.56 Å². The zero-order valence-electron chi connectivity index (χ0n) is 8.67. The highest BCUT2D eigenvalue weighted by Crippen LogP contribution is 2.03. The molecule has 0 aliphatic carbocycles. The van der Waals surface area contributed by atoms with Crippen LogP contribution in [0.1, 0.15) is 5.56 Å². The van der Waals surface area contributed by atoms with Crippen LogP contribution in [0.15, 0.2) is 24.3 Å². The van der Waals surface area contributed by atoms with Gasteiger partial charge in [-0.1, -0.05) is 12.1 Å². The van der Waals surface area contributed by atoms with Gasteiger partial charge in [-0.25, -0.2) is 4.39 Å². The Hall–Kier alpha value is -0.640. The Kier molecular flexibility index (Phi) is 5.61. The highest BCUT2D eigenvalue weighted by atomic mass is 35.5. The molecule has 0 radical (unpaired) electrons. The van der Waals surface area contributed by atoms with E-state index in [9.17, 15) is 4.39 Å². The highest BCUT2D eigenvalue weighted by molar-refractivity contribution is 6.20. The molecule has 0 aliphatic rings. The number of nitrogens with one attached hydrogen (secondary N) is 1. The predicted octanol–water partition coefficient (Wildman–Crippen LogP) is 2.17. The van der Waals surface area contributed by atoms with Gasteiger partial charge in [-0.3, -0.25) is 0 Å². The fourth-order valence-electron chi connectivity index (χ4n) is 1.26. The lowest BCUT2D eigenvalue weighted by atomic mass is 10.2. The van der Waals surface area contributed by atoms with E-state index in [1.807, 2.05) is 6.07 Å². The van der Waals surface area contributed by atoms with Crippen molar-refractivity contribution in [2.75, 3.05) is 20.3 Å². The second kappa shape index (κ2) is 6.77. The molecule has 2 nitrogen and oxygen atoms in total. The number of halogens is 2. The average molecular weight is 232 g/mol. The van der Waals surface area contributed by atoms with E-state index in [1.54, 1.807) is 13.2 Å². The van der Waals surface area contributed by atoms with Crippen LogP contribution in [-0.4, -0.2) is 25.6 Å². The number of hydrogen-bond acceptors (Lipinski definition) is 2. The third-order valence-electron chi connectivity index (χ3n) is 1.93. The number of benzene rings is 1. The van der Waals surface area contributed by atoms with Crippen LogP contribution in [0.4, 0.5) is 4.39 Å². The second-order valence-electron chi connectivity index (χ2n) is 3.31. The van der Waals surface area contributed by atoms with Crippen molar-refractivity contribution in [2.45, 2.75) is 11.9 Å². The van der Waals surface area contributed by atoms with Gasteiger partial charge in [0.2, 0.25) is 0 Å². The van der Waals surface area contributed by atoms with E-state index in [1.165, 1.54) is 12.1 Å². The molecular formula is C11H15ClFNO. The maximum absolute atomic E-state index is 12.8. The molecule has 0 amide bonds. The van der Waals surface area contributed by atoms with Gasteiger partial charge in [0.05, 0.1) is 12.0 Å². The van der Waals surface area contributed by atoms with Crippen LogP contribution in [0.5, 0.6) is 0 Å². The monoisotopic (exact) mass is 231 g/mol. The molecule has 0 aromatic heterocycles. The maximum Gasteiger partial charge on any atom is 0.123 e. The van der Waals surface area contributed by atoms with E-state index < -0.39 is 0 Å². The molecule has 0 bridgehead atoms. The molecule has 0 saturated heterocycles. The van der Waals surface area contributed by atoms with E-state index in [0.29, 0.717) is 19.7 Å². The minimum absolute atomic E-state index is 0.0523. The highest BCUT2D eigenvalue weighted by Gasteiger charge is 2.02. The summed E-state index contributed by atoms with van der Waals surface area (Å²) in [5, 5.41) is 3.08. The summed E-state index contributed by atoms with van der Waals surface area (Å²) in [4.78, 5) is 0. The van der Waals surface area contributed by atoms with Gasteiger partial charge in [0, 0.05) is 20.2 Å². The molecule has 1 atom stereocenters. The van der Waals surface area contributed by atoms with Crippen LogP contribution in [0, 0.1) is 5.82 Å². The van der Waals surface area contributed by atoms with Crippen LogP contribution in [0.25, 0.3) is 0 Å². The lowest BCUT2D eigenvalue weighted by Gasteiger charge is -2.09. The Balaban J connectivity index is 2.25. The minimum atomic E-state index is -0.214. The van der Waals surface area contributed by atoms with Crippen LogP contribution < -0.4 is 5.32 Å². The molecule has 15 heavy (non-hydrogen) atoms. The Labute approximate surface area is 94.4 Å². The fraction of sp³-hybridized carbons (Fsp3) is 0.455. The van der Waals surface area contributed by atoms with Gasteiger partial charge in [0.15, 0.2) is 0 Å². The normalized spacial score (nSPS) is 12.7. The molecule has 0 saturated carbocycles. The van der Waals surface area contributed by atoms with Gasteiger partial charge in [-0.15, -0.1) is 11.6 Å². The zero-order valence-corrected chi connectivity index (χ0v) is 9.43. The first-order chi connectivity index (χ1) is 7.22. The molecular weight excluding hydrogens is 217 g/mol. The largest absolute Gasteiger partial charge is 0.383 e. The molecule has 4 heteroatoms. The van der Waals surface area contributed by atoms with Crippen molar-refractivity contribution in [2.24, 2.45) is 0 Å². The Morgan fingerprint density at radius 2 is 2.33 bits per heavy atom. The van der Waals surface area contributed by atoms with Crippen molar-refractivity contribution < 1.29 is 9.13 Å². The SMILES string of the molecule is COCC(Cl)CNCc1cccc(F)c1. The first-order valence-corrected chi connectivity index (χ1v) is 5.24. The van der Waals surface area contributed by atoms with Crippen molar-refractivity contribution in [3.05, 3.63) is 35.6 Å². The van der Waals surface area contributed by atoms with Crippen LogP contribution in [0.2, 0.25) is 0 Å². The standard InChI is InChI=1S/C11H15ClFNO/c1-15-8-10(12)7-14-6-9-3-2-4-11(13)5-9/h2-5,10,14H,6-8H2,1H3. The summed E-state index contributed by atoms with van der Waals surface area (Å²) < 4.78 is 17.7. The molecule has 1 N–H and O–H groups in total. The minimum Gasteiger partial charge on any atom is -0.383 e. The summed E-state index contributed by atoms with van der Waals surface area (Å²) >= 11 is 5.92. The lowest BCUT2D eigenvalue weighted by molar-refractivity contribution is 0.197. The topological polar surface area (TPSA) is 21.3 Å². The van der Waals surface area contributed by atoms with Gasteiger partial charge in [-0.05, 0) is 17.7 Å². The Morgan fingerprint density at radius 3 is 3.00 bits per heavy atom. The predicted molar refractivity (Wildman–Crippen MR) is 59.6 cm³/mol. The van der Waals surface area contributed by atoms with Crippen molar-refractivity contribution in [1.29, 1.82) is 0 Å². The molecule has 0 spiro atoms. The first-order valence-electron chi connectivity index (χ1n) is 4.80. The molecule has 1 aromatic rings.